The Labute approximate surface area is 104 Å². The smallest absolute Gasteiger partial charge is 0.0837 e. The van der Waals surface area contributed by atoms with Crippen molar-refractivity contribution < 1.29 is 0 Å². The van der Waals surface area contributed by atoms with Crippen LogP contribution in [0.15, 0.2) is 30.3 Å². The number of benzene rings is 1. The van der Waals surface area contributed by atoms with E-state index in [1.54, 1.807) is 0 Å². The molecule has 0 spiro atoms. The highest BCUT2D eigenvalue weighted by atomic mass is 15.1. The molecule has 0 aliphatic carbocycles. The molecule has 1 rings (SSSR count). The van der Waals surface area contributed by atoms with Crippen LogP contribution in [-0.4, -0.2) is 38.1 Å². The van der Waals surface area contributed by atoms with Gasteiger partial charge >= 0.3 is 0 Å². The van der Waals surface area contributed by atoms with Crippen LogP contribution < -0.4 is 5.32 Å². The molecule has 3 heteroatoms. The first-order valence-electron chi connectivity index (χ1n) is 5.96. The quantitative estimate of drug-likeness (QED) is 0.812. The predicted molar refractivity (Wildman–Crippen MR) is 70.8 cm³/mol. The zero-order valence-electron chi connectivity index (χ0n) is 10.9. The molecule has 0 saturated carbocycles. The Kier molecular flexibility index (Phi) is 5.68. The fraction of sp³-hybridized carbons (Fsp3) is 0.500. The summed E-state index contributed by atoms with van der Waals surface area (Å²) in [6.45, 7) is 3.82. The number of hydrogen-bond acceptors (Lipinski definition) is 3. The molecule has 1 N–H and O–H groups in total. The summed E-state index contributed by atoms with van der Waals surface area (Å²) in [7, 11) is 4.11. The number of nitrogens with zero attached hydrogens (tertiary/aromatic N) is 2. The fourth-order valence-corrected chi connectivity index (χ4v) is 1.85. The molecule has 92 valence electrons. The summed E-state index contributed by atoms with van der Waals surface area (Å²) in [5.74, 6) is -0.0687. The number of hydrogen-bond donors (Lipinski definition) is 1. The van der Waals surface area contributed by atoms with E-state index in [1.165, 1.54) is 0 Å². The molecule has 2 unspecified atom stereocenters. The van der Waals surface area contributed by atoms with Crippen molar-refractivity contribution in [3.63, 3.8) is 0 Å². The van der Waals surface area contributed by atoms with Gasteiger partial charge in [-0.2, -0.15) is 5.26 Å². The van der Waals surface area contributed by atoms with Crippen molar-refractivity contribution in [1.29, 1.82) is 5.26 Å². The zero-order valence-corrected chi connectivity index (χ0v) is 10.9. The van der Waals surface area contributed by atoms with Gasteiger partial charge in [0.25, 0.3) is 0 Å². The molecule has 0 amide bonds. The largest absolute Gasteiger partial charge is 0.311 e. The van der Waals surface area contributed by atoms with E-state index in [4.69, 9.17) is 0 Å². The Morgan fingerprint density at radius 2 is 1.94 bits per heavy atom. The summed E-state index contributed by atoms with van der Waals surface area (Å²) in [5, 5.41) is 12.6. The van der Waals surface area contributed by atoms with Crippen LogP contribution in [0.25, 0.3) is 0 Å². The van der Waals surface area contributed by atoms with E-state index in [0.717, 1.165) is 12.1 Å². The molecule has 1 aromatic carbocycles. The van der Waals surface area contributed by atoms with Crippen LogP contribution in [0.4, 0.5) is 0 Å². The van der Waals surface area contributed by atoms with Gasteiger partial charge in [-0.05, 0) is 26.6 Å². The Bertz CT molecular complexity index is 353. The lowest BCUT2D eigenvalue weighted by Crippen LogP contribution is -2.37. The monoisotopic (exact) mass is 231 g/mol. The molecule has 0 aromatic heterocycles. The molecule has 2 atom stereocenters. The maximum atomic E-state index is 9.17. The first-order valence-corrected chi connectivity index (χ1v) is 5.96. The van der Waals surface area contributed by atoms with Crippen molar-refractivity contribution in [2.45, 2.75) is 18.9 Å². The highest BCUT2D eigenvalue weighted by Crippen LogP contribution is 2.13. The first-order chi connectivity index (χ1) is 8.13. The third kappa shape index (κ3) is 4.99. The van der Waals surface area contributed by atoms with E-state index >= 15 is 0 Å². The Balaban J connectivity index is 2.47. The summed E-state index contributed by atoms with van der Waals surface area (Å²) in [5.41, 5.74) is 1.08. The average Bonchev–Trinajstić information content (AvgIpc) is 2.30. The number of nitriles is 1. The molecule has 0 aliphatic rings. The third-order valence-corrected chi connectivity index (χ3v) is 2.67. The van der Waals surface area contributed by atoms with Gasteiger partial charge in [0.1, 0.15) is 0 Å². The van der Waals surface area contributed by atoms with Gasteiger partial charge in [-0.15, -0.1) is 0 Å². The summed E-state index contributed by atoms with van der Waals surface area (Å²) >= 11 is 0. The minimum atomic E-state index is -0.0687. The van der Waals surface area contributed by atoms with E-state index in [1.807, 2.05) is 30.3 Å². The SMILES string of the molecule is CC(CN(C)C)NCC(C#N)c1ccccc1. The second-order valence-corrected chi connectivity index (χ2v) is 4.66. The van der Waals surface area contributed by atoms with Gasteiger partial charge in [0.15, 0.2) is 0 Å². The molecule has 0 radical (unpaired) electrons. The van der Waals surface area contributed by atoms with Gasteiger partial charge in [0.05, 0.1) is 12.0 Å². The van der Waals surface area contributed by atoms with Gasteiger partial charge < -0.3 is 10.2 Å². The lowest BCUT2D eigenvalue weighted by molar-refractivity contribution is 0.349. The fourth-order valence-electron chi connectivity index (χ4n) is 1.85. The molecule has 0 bridgehead atoms. The minimum absolute atomic E-state index is 0.0687. The highest BCUT2D eigenvalue weighted by molar-refractivity contribution is 5.25. The van der Waals surface area contributed by atoms with Crippen LogP contribution in [0, 0.1) is 11.3 Å². The first kappa shape index (κ1) is 13.7. The van der Waals surface area contributed by atoms with Crippen LogP contribution >= 0.6 is 0 Å². The van der Waals surface area contributed by atoms with E-state index in [-0.39, 0.29) is 5.92 Å². The Morgan fingerprint density at radius 3 is 2.47 bits per heavy atom. The Hall–Kier alpha value is -1.37. The summed E-state index contributed by atoms with van der Waals surface area (Å²) < 4.78 is 0. The minimum Gasteiger partial charge on any atom is -0.311 e. The van der Waals surface area contributed by atoms with Crippen molar-refractivity contribution >= 4 is 0 Å². The van der Waals surface area contributed by atoms with E-state index in [9.17, 15) is 5.26 Å². The molecule has 1 aromatic rings. The maximum absolute atomic E-state index is 9.17. The van der Waals surface area contributed by atoms with Crippen LogP contribution in [0.3, 0.4) is 0 Å². The lowest BCUT2D eigenvalue weighted by atomic mass is 10.0. The second-order valence-electron chi connectivity index (χ2n) is 4.66. The van der Waals surface area contributed by atoms with Crippen LogP contribution in [0.5, 0.6) is 0 Å². The van der Waals surface area contributed by atoms with Crippen LogP contribution in [0.1, 0.15) is 18.4 Å². The molecule has 0 fully saturated rings. The molecule has 3 nitrogen and oxygen atoms in total. The Morgan fingerprint density at radius 1 is 1.29 bits per heavy atom. The lowest BCUT2D eigenvalue weighted by Gasteiger charge is -2.20. The number of rotatable bonds is 6. The molecular weight excluding hydrogens is 210 g/mol. The third-order valence-electron chi connectivity index (χ3n) is 2.67. The zero-order chi connectivity index (χ0) is 12.7. The highest BCUT2D eigenvalue weighted by Gasteiger charge is 2.11. The number of nitrogens with one attached hydrogen (secondary N) is 1. The maximum Gasteiger partial charge on any atom is 0.0837 e. The molecule has 0 saturated heterocycles. The molecule has 17 heavy (non-hydrogen) atoms. The van der Waals surface area contributed by atoms with Crippen molar-refractivity contribution in [1.82, 2.24) is 10.2 Å². The molecular formula is C14H21N3. The van der Waals surface area contributed by atoms with E-state index < -0.39 is 0 Å². The van der Waals surface area contributed by atoms with Gasteiger partial charge in [0, 0.05) is 19.1 Å². The van der Waals surface area contributed by atoms with E-state index in [0.29, 0.717) is 12.6 Å². The van der Waals surface area contributed by atoms with Gasteiger partial charge in [-0.25, -0.2) is 0 Å². The van der Waals surface area contributed by atoms with Crippen LogP contribution in [-0.2, 0) is 0 Å². The van der Waals surface area contributed by atoms with Crippen molar-refractivity contribution in [3.05, 3.63) is 35.9 Å². The normalized spacial score (nSPS) is 14.3. The summed E-state index contributed by atoms with van der Waals surface area (Å²) in [6, 6.07) is 12.7. The van der Waals surface area contributed by atoms with Crippen molar-refractivity contribution in [2.24, 2.45) is 0 Å². The average molecular weight is 231 g/mol. The van der Waals surface area contributed by atoms with Crippen molar-refractivity contribution in [2.75, 3.05) is 27.2 Å². The molecule has 0 aliphatic heterocycles. The van der Waals surface area contributed by atoms with Gasteiger partial charge in [-0.3, -0.25) is 0 Å². The van der Waals surface area contributed by atoms with Crippen molar-refractivity contribution in [3.8, 4) is 6.07 Å². The number of likely N-dealkylation sites (N-methyl/N-ethyl adjacent to an activating group) is 1. The molecule has 0 heterocycles. The summed E-state index contributed by atoms with van der Waals surface area (Å²) in [6.07, 6.45) is 0. The predicted octanol–water partition coefficient (Wildman–Crippen LogP) is 1.83. The van der Waals surface area contributed by atoms with E-state index in [2.05, 4.69) is 37.3 Å². The second kappa shape index (κ2) is 7.05. The van der Waals surface area contributed by atoms with Gasteiger partial charge in [-0.1, -0.05) is 30.3 Å². The van der Waals surface area contributed by atoms with Gasteiger partial charge in [0.2, 0.25) is 0 Å². The topological polar surface area (TPSA) is 39.1 Å². The van der Waals surface area contributed by atoms with Crippen LogP contribution in [0.2, 0.25) is 0 Å². The summed E-state index contributed by atoms with van der Waals surface area (Å²) in [4.78, 5) is 2.14. The standard InChI is InChI=1S/C14H21N3/c1-12(11-17(2)3)16-10-14(9-15)13-7-5-4-6-8-13/h4-8,12,14,16H,10-11H2,1-3H3.